The maximum absolute atomic E-state index is 15.5. The molecule has 46 heavy (non-hydrogen) atoms. The highest BCUT2D eigenvalue weighted by Gasteiger charge is 2.73. The normalized spacial score (nSPS) is 14.8. The van der Waals surface area contributed by atoms with Crippen LogP contribution in [-0.2, 0) is 29.5 Å². The molecule has 1 aliphatic heterocycles. The minimum absolute atomic E-state index is 0.239. The van der Waals surface area contributed by atoms with Crippen molar-refractivity contribution in [2.75, 3.05) is 10.4 Å². The largest absolute Gasteiger partial charge is 0.435 e. The average Bonchev–Trinajstić information content (AvgIpc) is 2.91. The number of carbonyl (C=O) groups is 2. The Labute approximate surface area is 254 Å². The van der Waals surface area contributed by atoms with E-state index in [1.807, 2.05) is 0 Å². The quantitative estimate of drug-likeness (QED) is 0.271. The van der Waals surface area contributed by atoms with Gasteiger partial charge in [0.15, 0.2) is 5.82 Å². The molecule has 0 saturated carbocycles. The summed E-state index contributed by atoms with van der Waals surface area (Å²) in [7, 11) is 0. The molecule has 3 aromatic carbocycles. The maximum Gasteiger partial charge on any atom is 0.435 e. The van der Waals surface area contributed by atoms with Gasteiger partial charge >= 0.3 is 30.4 Å². The van der Waals surface area contributed by atoms with E-state index in [1.165, 1.54) is 5.32 Å². The van der Waals surface area contributed by atoms with E-state index < -0.39 is 98.8 Å². The first-order valence-corrected chi connectivity index (χ1v) is 12.7. The highest BCUT2D eigenvalue weighted by Crippen LogP contribution is 2.55. The van der Waals surface area contributed by atoms with Gasteiger partial charge in [-0.05, 0) is 64.0 Å². The second-order valence-electron chi connectivity index (χ2n) is 9.37. The number of amides is 2. The van der Waals surface area contributed by atoms with E-state index in [0.29, 0.717) is 18.2 Å². The van der Waals surface area contributed by atoms with E-state index in [2.05, 4.69) is 15.9 Å². The third-order valence-electron chi connectivity index (χ3n) is 6.45. The lowest BCUT2D eigenvalue weighted by molar-refractivity contribution is -0.348. The van der Waals surface area contributed by atoms with Gasteiger partial charge in [0.05, 0.1) is 22.4 Å². The van der Waals surface area contributed by atoms with Gasteiger partial charge in [-0.2, -0.15) is 57.7 Å². The lowest BCUT2D eigenvalue weighted by atomic mass is 9.92. The number of anilines is 2. The molecule has 0 radical (unpaired) electrons. The van der Waals surface area contributed by atoms with Crippen LogP contribution in [0.4, 0.5) is 72.8 Å². The van der Waals surface area contributed by atoms with Gasteiger partial charge in [-0.25, -0.2) is 8.78 Å². The van der Waals surface area contributed by atoms with Gasteiger partial charge in [-0.1, -0.05) is 6.07 Å². The molecule has 0 bridgehead atoms. The second-order valence-corrected chi connectivity index (χ2v) is 10.2. The Morgan fingerprint density at radius 2 is 1.41 bits per heavy atom. The molecule has 0 aromatic heterocycles. The number of hydrogen-bond acceptors (Lipinski definition) is 3. The van der Waals surface area contributed by atoms with Crippen LogP contribution in [0.25, 0.3) is 0 Å². The van der Waals surface area contributed by atoms with Crippen LogP contribution in [-0.4, -0.2) is 24.2 Å². The van der Waals surface area contributed by atoms with Crippen molar-refractivity contribution in [1.82, 2.24) is 0 Å². The predicted octanol–water partition coefficient (Wildman–Crippen LogP) is 9.26. The number of hydroxylamine groups is 1. The molecule has 4 rings (SSSR count). The van der Waals surface area contributed by atoms with Crippen molar-refractivity contribution in [3.8, 4) is 0 Å². The number of rotatable bonds is 4. The molecule has 1 heterocycles. The van der Waals surface area contributed by atoms with E-state index in [0.717, 1.165) is 18.2 Å². The van der Waals surface area contributed by atoms with E-state index in [1.54, 1.807) is 0 Å². The number of nitrogens with zero attached hydrogens (tertiary/aromatic N) is 1. The van der Waals surface area contributed by atoms with Crippen molar-refractivity contribution in [2.45, 2.75) is 37.0 Å². The van der Waals surface area contributed by atoms with Crippen LogP contribution < -0.4 is 10.4 Å². The standard InChI is InChI=1S/C26H11BrF14N2O3/c27-16-8-12(22(29,25(36,37)38)26(39,40)41)7-15(24(33,34)35)19(16)42-20(44)14-2-1-3-17(18(14)28)43-21(45)13-5-4-11(23(30,31)32)6-10(13)9-46-43/h1-8H,9H2,(H,42,44). The summed E-state index contributed by atoms with van der Waals surface area (Å²) < 4.78 is 188. The zero-order valence-corrected chi connectivity index (χ0v) is 23.3. The fourth-order valence-electron chi connectivity index (χ4n) is 4.26. The van der Waals surface area contributed by atoms with Crippen molar-refractivity contribution in [2.24, 2.45) is 0 Å². The molecule has 0 fully saturated rings. The summed E-state index contributed by atoms with van der Waals surface area (Å²) in [6, 6.07) is 3.17. The predicted molar refractivity (Wildman–Crippen MR) is 131 cm³/mol. The third kappa shape index (κ3) is 6.10. The minimum Gasteiger partial charge on any atom is -0.320 e. The van der Waals surface area contributed by atoms with Gasteiger partial charge in [0.1, 0.15) is 12.3 Å². The number of benzene rings is 3. The maximum atomic E-state index is 15.5. The second kappa shape index (κ2) is 11.4. The van der Waals surface area contributed by atoms with E-state index >= 15 is 4.39 Å². The summed E-state index contributed by atoms with van der Waals surface area (Å²) in [5.74, 6) is -4.65. The minimum atomic E-state index is -6.78. The van der Waals surface area contributed by atoms with Gasteiger partial charge in [0.25, 0.3) is 11.8 Å². The number of nitrogens with one attached hydrogen (secondary N) is 1. The highest BCUT2D eigenvalue weighted by molar-refractivity contribution is 9.10. The van der Waals surface area contributed by atoms with Crippen LogP contribution in [0.15, 0.2) is 53.0 Å². The van der Waals surface area contributed by atoms with Crippen LogP contribution in [0.3, 0.4) is 0 Å². The number of alkyl halides is 13. The molecule has 1 aliphatic rings. The van der Waals surface area contributed by atoms with Crippen LogP contribution in [0.1, 0.15) is 43.0 Å². The average molecular weight is 745 g/mol. The zero-order chi connectivity index (χ0) is 34.8. The molecule has 1 N–H and O–H groups in total. The molecular formula is C26H11BrF14N2O3. The first kappa shape index (κ1) is 34.9. The van der Waals surface area contributed by atoms with Gasteiger partial charge in [0, 0.05) is 15.6 Å². The molecule has 3 aromatic rings. The first-order valence-electron chi connectivity index (χ1n) is 11.9. The Morgan fingerprint density at radius 3 is 1.96 bits per heavy atom. The lowest BCUT2D eigenvalue weighted by Gasteiger charge is -2.31. The van der Waals surface area contributed by atoms with Crippen molar-refractivity contribution in [3.63, 3.8) is 0 Å². The fourth-order valence-corrected chi connectivity index (χ4v) is 4.82. The summed E-state index contributed by atoms with van der Waals surface area (Å²) in [4.78, 5) is 30.8. The molecule has 5 nitrogen and oxygen atoms in total. The Hall–Kier alpha value is -3.94. The highest BCUT2D eigenvalue weighted by atomic mass is 79.9. The number of carbonyl (C=O) groups excluding carboxylic acids is 2. The van der Waals surface area contributed by atoms with Crippen molar-refractivity contribution in [1.29, 1.82) is 0 Å². The molecule has 0 spiro atoms. The number of fused-ring (bicyclic) bond motifs is 1. The van der Waals surface area contributed by atoms with Crippen LogP contribution in [0.2, 0.25) is 0 Å². The number of halogens is 15. The van der Waals surface area contributed by atoms with Crippen LogP contribution >= 0.6 is 15.9 Å². The van der Waals surface area contributed by atoms with Crippen LogP contribution in [0, 0.1) is 5.82 Å². The van der Waals surface area contributed by atoms with E-state index in [4.69, 9.17) is 4.84 Å². The summed E-state index contributed by atoms with van der Waals surface area (Å²) in [5.41, 5.74) is -16.5. The summed E-state index contributed by atoms with van der Waals surface area (Å²) >= 11 is 2.30. The van der Waals surface area contributed by atoms with Gasteiger partial charge in [0.2, 0.25) is 0 Å². The molecule has 2 amide bonds. The van der Waals surface area contributed by atoms with E-state index in [9.17, 15) is 66.7 Å². The number of hydrogen-bond donors (Lipinski definition) is 1. The fraction of sp³-hybridized carbons (Fsp3) is 0.231. The Bertz CT molecular complexity index is 1700. The molecule has 0 aliphatic carbocycles. The third-order valence-corrected chi connectivity index (χ3v) is 7.08. The topological polar surface area (TPSA) is 58.6 Å². The van der Waals surface area contributed by atoms with Crippen LogP contribution in [0.5, 0.6) is 0 Å². The molecular weight excluding hydrogens is 734 g/mol. The summed E-state index contributed by atoms with van der Waals surface area (Å²) in [6.07, 6.45) is -24.2. The molecule has 0 atom stereocenters. The zero-order valence-electron chi connectivity index (χ0n) is 21.7. The Morgan fingerprint density at radius 1 is 0.804 bits per heavy atom. The van der Waals surface area contributed by atoms with Gasteiger partial charge in [-0.3, -0.25) is 14.4 Å². The molecule has 248 valence electrons. The first-order chi connectivity index (χ1) is 20.9. The SMILES string of the molecule is O=C(Nc1c(Br)cc(C(F)(C(F)(F)F)C(F)(F)F)cc1C(F)(F)F)c1cccc(N2OCc3cc(C(F)(F)F)ccc3C2=O)c1F. The molecule has 0 unspecified atom stereocenters. The van der Waals surface area contributed by atoms with Gasteiger partial charge < -0.3 is 5.32 Å². The Kier molecular flexibility index (Phi) is 8.65. The summed E-state index contributed by atoms with van der Waals surface area (Å²) in [5, 5.41) is 1.73. The smallest absolute Gasteiger partial charge is 0.320 e. The van der Waals surface area contributed by atoms with Crippen molar-refractivity contribution < 1.29 is 75.9 Å². The van der Waals surface area contributed by atoms with Crippen molar-refractivity contribution in [3.05, 3.63) is 92.2 Å². The van der Waals surface area contributed by atoms with Crippen molar-refractivity contribution >= 4 is 39.1 Å². The Balaban J connectivity index is 1.73. The van der Waals surface area contributed by atoms with E-state index in [-0.39, 0.29) is 22.3 Å². The molecule has 0 saturated heterocycles. The summed E-state index contributed by atoms with van der Waals surface area (Å²) in [6.45, 7) is -0.707. The molecule has 20 heteroatoms. The lowest BCUT2D eigenvalue weighted by Crippen LogP contribution is -2.50. The van der Waals surface area contributed by atoms with Gasteiger partial charge in [-0.15, -0.1) is 0 Å². The monoisotopic (exact) mass is 744 g/mol.